The molecule has 4 nitrogen and oxygen atoms in total. The zero-order valence-corrected chi connectivity index (χ0v) is 16.7. The second kappa shape index (κ2) is 9.30. The molecule has 0 aliphatic carbocycles. The molecule has 0 unspecified atom stereocenters. The van der Waals surface area contributed by atoms with Crippen molar-refractivity contribution in [2.45, 2.75) is 6.61 Å². The summed E-state index contributed by atoms with van der Waals surface area (Å²) in [5.41, 5.74) is 2.28. The molecule has 0 aromatic heterocycles. The molecule has 3 aromatic carbocycles. The molecule has 6 heteroatoms. The Morgan fingerprint density at radius 3 is 2.33 bits per heavy atom. The van der Waals surface area contributed by atoms with Crippen LogP contribution < -0.4 is 15.4 Å². The summed E-state index contributed by atoms with van der Waals surface area (Å²) in [6.07, 6.45) is 0. The van der Waals surface area contributed by atoms with Crippen molar-refractivity contribution in [1.82, 2.24) is 5.32 Å². The fourth-order valence-electron chi connectivity index (χ4n) is 2.36. The van der Waals surface area contributed by atoms with E-state index < -0.39 is 0 Å². The molecule has 3 rings (SSSR count). The summed E-state index contributed by atoms with van der Waals surface area (Å²) >= 11 is 8.61. The minimum Gasteiger partial charge on any atom is -0.487 e. The van der Waals surface area contributed by atoms with Crippen molar-refractivity contribution < 1.29 is 9.53 Å². The van der Waals surface area contributed by atoms with E-state index in [1.54, 1.807) is 24.3 Å². The van der Waals surface area contributed by atoms with Gasteiger partial charge in [-0.25, -0.2) is 0 Å². The lowest BCUT2D eigenvalue weighted by atomic mass is 10.2. The number of thiocarbonyl (C=S) groups is 1. The summed E-state index contributed by atoms with van der Waals surface area (Å²) in [6.45, 7) is 0.442. The summed E-state index contributed by atoms with van der Waals surface area (Å²) in [4.78, 5) is 12.3. The molecular weight excluding hydrogens is 424 g/mol. The normalized spacial score (nSPS) is 10.1. The fraction of sp³-hybridized carbons (Fsp3) is 0.0476. The number of ether oxygens (including phenoxy) is 1. The van der Waals surface area contributed by atoms with Crippen LogP contribution >= 0.6 is 28.1 Å². The average Bonchev–Trinajstić information content (AvgIpc) is 2.68. The Balaban J connectivity index is 1.62. The second-order valence-electron chi connectivity index (χ2n) is 5.69. The Labute approximate surface area is 171 Å². The number of amides is 1. The zero-order chi connectivity index (χ0) is 19.1. The number of nitrogens with one attached hydrogen (secondary N) is 2. The number of carbonyl (C=O) groups excluding carboxylic acids is 1. The molecule has 27 heavy (non-hydrogen) atoms. The van der Waals surface area contributed by atoms with Gasteiger partial charge in [0.2, 0.25) is 0 Å². The van der Waals surface area contributed by atoms with Crippen LogP contribution in [0.5, 0.6) is 5.75 Å². The Hall–Kier alpha value is -2.70. The van der Waals surface area contributed by atoms with Crippen LogP contribution in [-0.4, -0.2) is 11.0 Å². The van der Waals surface area contributed by atoms with E-state index in [2.05, 4.69) is 26.6 Å². The lowest BCUT2D eigenvalue weighted by Gasteiger charge is -2.14. The highest BCUT2D eigenvalue weighted by molar-refractivity contribution is 9.10. The maximum Gasteiger partial charge on any atom is 0.257 e. The average molecular weight is 441 g/mol. The van der Waals surface area contributed by atoms with Crippen molar-refractivity contribution in [3.63, 3.8) is 0 Å². The Kier molecular flexibility index (Phi) is 6.57. The number of hydrogen-bond acceptors (Lipinski definition) is 3. The summed E-state index contributed by atoms with van der Waals surface area (Å²) in [7, 11) is 0. The van der Waals surface area contributed by atoms with Gasteiger partial charge in [-0.15, -0.1) is 0 Å². The first-order valence-electron chi connectivity index (χ1n) is 8.25. The van der Waals surface area contributed by atoms with Crippen molar-refractivity contribution in [3.05, 3.63) is 94.5 Å². The molecule has 1 amide bonds. The Bertz CT molecular complexity index is 930. The van der Waals surface area contributed by atoms with Crippen LogP contribution in [0.15, 0.2) is 83.3 Å². The van der Waals surface area contributed by atoms with E-state index in [0.717, 1.165) is 10.0 Å². The molecular formula is C21H17BrN2O2S. The lowest BCUT2D eigenvalue weighted by Crippen LogP contribution is -2.34. The Morgan fingerprint density at radius 1 is 0.926 bits per heavy atom. The first-order valence-corrected chi connectivity index (χ1v) is 9.45. The van der Waals surface area contributed by atoms with E-state index in [4.69, 9.17) is 17.0 Å². The van der Waals surface area contributed by atoms with E-state index in [9.17, 15) is 4.79 Å². The first kappa shape index (κ1) is 19.1. The SMILES string of the molecule is O=C(NC(=S)Nc1ccccc1OCc1ccccc1)c1ccc(Br)cc1. The van der Waals surface area contributed by atoms with Gasteiger partial charge in [0, 0.05) is 10.0 Å². The van der Waals surface area contributed by atoms with Gasteiger partial charge in [0.25, 0.3) is 5.91 Å². The maximum atomic E-state index is 12.3. The van der Waals surface area contributed by atoms with Crippen LogP contribution in [0.1, 0.15) is 15.9 Å². The molecule has 136 valence electrons. The second-order valence-corrected chi connectivity index (χ2v) is 7.01. The smallest absolute Gasteiger partial charge is 0.257 e. The molecule has 0 heterocycles. The van der Waals surface area contributed by atoms with Gasteiger partial charge in [-0.1, -0.05) is 58.4 Å². The van der Waals surface area contributed by atoms with Crippen LogP contribution in [0.2, 0.25) is 0 Å². The largest absolute Gasteiger partial charge is 0.487 e. The summed E-state index contributed by atoms with van der Waals surface area (Å²) in [5, 5.41) is 5.91. The highest BCUT2D eigenvalue weighted by Crippen LogP contribution is 2.24. The van der Waals surface area contributed by atoms with Crippen LogP contribution in [0.25, 0.3) is 0 Å². The minimum absolute atomic E-state index is 0.207. The van der Waals surface area contributed by atoms with Crippen molar-refractivity contribution >= 4 is 44.9 Å². The highest BCUT2D eigenvalue weighted by atomic mass is 79.9. The van der Waals surface area contributed by atoms with Gasteiger partial charge in [-0.3, -0.25) is 10.1 Å². The monoisotopic (exact) mass is 440 g/mol. The Morgan fingerprint density at radius 2 is 1.59 bits per heavy atom. The van der Waals surface area contributed by atoms with E-state index in [1.807, 2.05) is 54.6 Å². The number of anilines is 1. The summed E-state index contributed by atoms with van der Waals surface area (Å²) < 4.78 is 6.79. The van der Waals surface area contributed by atoms with Gasteiger partial charge in [0.05, 0.1) is 5.69 Å². The topological polar surface area (TPSA) is 50.4 Å². The number of halogens is 1. The van der Waals surface area contributed by atoms with Crippen molar-refractivity contribution in [2.75, 3.05) is 5.32 Å². The van der Waals surface area contributed by atoms with Gasteiger partial charge >= 0.3 is 0 Å². The standard InChI is InChI=1S/C21H17BrN2O2S/c22-17-12-10-16(11-13-17)20(25)24-21(27)23-18-8-4-5-9-19(18)26-14-15-6-2-1-3-7-15/h1-13H,14H2,(H2,23,24,25,27). The molecule has 0 spiro atoms. The van der Waals surface area contributed by atoms with Gasteiger partial charge in [0.1, 0.15) is 12.4 Å². The summed E-state index contributed by atoms with van der Waals surface area (Å²) in [5.74, 6) is 0.379. The van der Waals surface area contributed by atoms with Crippen LogP contribution in [0.3, 0.4) is 0 Å². The zero-order valence-electron chi connectivity index (χ0n) is 14.3. The number of benzene rings is 3. The van der Waals surface area contributed by atoms with Gasteiger partial charge < -0.3 is 10.1 Å². The molecule has 0 saturated carbocycles. The van der Waals surface area contributed by atoms with Crippen molar-refractivity contribution in [2.24, 2.45) is 0 Å². The minimum atomic E-state index is -0.275. The number of para-hydroxylation sites is 2. The quantitative estimate of drug-likeness (QED) is 0.538. The number of hydrogen-bond donors (Lipinski definition) is 2. The number of rotatable bonds is 5. The molecule has 0 radical (unpaired) electrons. The predicted octanol–water partition coefficient (Wildman–Crippen LogP) is 5.15. The predicted molar refractivity (Wildman–Crippen MR) is 115 cm³/mol. The van der Waals surface area contributed by atoms with Gasteiger partial charge in [0.15, 0.2) is 5.11 Å². The van der Waals surface area contributed by atoms with E-state index in [0.29, 0.717) is 23.6 Å². The van der Waals surface area contributed by atoms with Crippen molar-refractivity contribution in [1.29, 1.82) is 0 Å². The third-order valence-electron chi connectivity index (χ3n) is 3.71. The van der Waals surface area contributed by atoms with E-state index in [-0.39, 0.29) is 11.0 Å². The molecule has 0 aliphatic heterocycles. The van der Waals surface area contributed by atoms with Crippen LogP contribution in [0.4, 0.5) is 5.69 Å². The maximum absolute atomic E-state index is 12.3. The third-order valence-corrected chi connectivity index (χ3v) is 4.44. The number of carbonyl (C=O) groups is 1. The highest BCUT2D eigenvalue weighted by Gasteiger charge is 2.10. The van der Waals surface area contributed by atoms with Crippen LogP contribution in [-0.2, 0) is 6.61 Å². The van der Waals surface area contributed by atoms with Gasteiger partial charge in [-0.05, 0) is 54.2 Å². The molecule has 0 fully saturated rings. The van der Waals surface area contributed by atoms with Crippen molar-refractivity contribution in [3.8, 4) is 5.75 Å². The fourth-order valence-corrected chi connectivity index (χ4v) is 2.83. The first-order chi connectivity index (χ1) is 13.1. The molecule has 0 aliphatic rings. The lowest BCUT2D eigenvalue weighted by molar-refractivity contribution is 0.0977. The van der Waals surface area contributed by atoms with E-state index >= 15 is 0 Å². The molecule has 3 aromatic rings. The third kappa shape index (κ3) is 5.64. The summed E-state index contributed by atoms with van der Waals surface area (Å²) in [6, 6.07) is 24.4. The van der Waals surface area contributed by atoms with E-state index in [1.165, 1.54) is 0 Å². The van der Waals surface area contributed by atoms with Crippen LogP contribution in [0, 0.1) is 0 Å². The molecule has 0 atom stereocenters. The molecule has 0 saturated heterocycles. The molecule has 0 bridgehead atoms. The van der Waals surface area contributed by atoms with Gasteiger partial charge in [-0.2, -0.15) is 0 Å². The molecule has 2 N–H and O–H groups in total.